The number of aliphatic hydroxyl groups is 1. The molecule has 5 nitrogen and oxygen atoms in total. The first-order valence-corrected chi connectivity index (χ1v) is 8.47. The molecule has 112 valence electrons. The number of hydrogen-bond donors (Lipinski definition) is 2. The lowest BCUT2D eigenvalue weighted by atomic mass is 10.0. The molecule has 1 aromatic rings. The molecular weight excluding hydrogens is 278 g/mol. The van der Waals surface area contributed by atoms with Crippen LogP contribution in [-0.4, -0.2) is 38.3 Å². The summed E-state index contributed by atoms with van der Waals surface area (Å²) in [5, 5.41) is 11.9. The Balaban J connectivity index is 2.75. The van der Waals surface area contributed by atoms with Crippen LogP contribution in [0.3, 0.4) is 0 Å². The van der Waals surface area contributed by atoms with Gasteiger partial charge in [0.1, 0.15) is 0 Å². The maximum Gasteiger partial charge on any atom is 0.251 e. The van der Waals surface area contributed by atoms with Gasteiger partial charge in [-0.1, -0.05) is 26.0 Å². The van der Waals surface area contributed by atoms with Crippen LogP contribution in [0, 0.1) is 5.92 Å². The topological polar surface area (TPSA) is 83.5 Å². The molecule has 0 radical (unpaired) electrons. The molecule has 20 heavy (non-hydrogen) atoms. The molecule has 6 heteroatoms. The van der Waals surface area contributed by atoms with Gasteiger partial charge in [0, 0.05) is 11.8 Å². The zero-order valence-electron chi connectivity index (χ0n) is 12.0. The highest BCUT2D eigenvalue weighted by atomic mass is 32.2. The van der Waals surface area contributed by atoms with Crippen LogP contribution >= 0.6 is 0 Å². The number of rotatable bonds is 6. The first-order valence-electron chi connectivity index (χ1n) is 6.41. The van der Waals surface area contributed by atoms with Crippen molar-refractivity contribution in [2.24, 2.45) is 5.92 Å². The van der Waals surface area contributed by atoms with Gasteiger partial charge in [-0.3, -0.25) is 4.79 Å². The summed E-state index contributed by atoms with van der Waals surface area (Å²) < 4.78 is 22.3. The van der Waals surface area contributed by atoms with E-state index >= 15 is 0 Å². The molecule has 0 saturated heterocycles. The van der Waals surface area contributed by atoms with Crippen molar-refractivity contribution < 1.29 is 18.3 Å². The molecule has 1 atom stereocenters. The van der Waals surface area contributed by atoms with E-state index < -0.39 is 9.84 Å². The normalized spacial score (nSPS) is 13.2. The molecule has 1 aromatic carbocycles. The van der Waals surface area contributed by atoms with E-state index in [0.717, 1.165) is 0 Å². The van der Waals surface area contributed by atoms with E-state index in [1.54, 1.807) is 24.3 Å². The highest BCUT2D eigenvalue weighted by Gasteiger charge is 2.16. The SMILES string of the molecule is CC(C)C(CO)NC(=O)c1ccc(CS(C)(=O)=O)cc1. The minimum atomic E-state index is -3.08. The molecular formula is C14H21NO4S. The van der Waals surface area contributed by atoms with Crippen LogP contribution in [0.5, 0.6) is 0 Å². The predicted molar refractivity (Wildman–Crippen MR) is 78.2 cm³/mol. The Morgan fingerprint density at radius 2 is 1.80 bits per heavy atom. The number of carbonyl (C=O) groups excluding carboxylic acids is 1. The summed E-state index contributed by atoms with van der Waals surface area (Å²) in [5.41, 5.74) is 1.09. The van der Waals surface area contributed by atoms with Gasteiger partial charge >= 0.3 is 0 Å². The minimum absolute atomic E-state index is 0.0415. The van der Waals surface area contributed by atoms with Gasteiger partial charge in [-0.2, -0.15) is 0 Å². The van der Waals surface area contributed by atoms with Crippen molar-refractivity contribution in [2.75, 3.05) is 12.9 Å². The van der Waals surface area contributed by atoms with Crippen molar-refractivity contribution in [3.05, 3.63) is 35.4 Å². The molecule has 2 N–H and O–H groups in total. The maximum absolute atomic E-state index is 12.0. The average Bonchev–Trinajstić information content (AvgIpc) is 2.34. The first kappa shape index (κ1) is 16.7. The van der Waals surface area contributed by atoms with Gasteiger partial charge in [0.25, 0.3) is 5.91 Å². The fourth-order valence-corrected chi connectivity index (χ4v) is 2.53. The number of aliphatic hydroxyl groups excluding tert-OH is 1. The number of nitrogens with one attached hydrogen (secondary N) is 1. The lowest BCUT2D eigenvalue weighted by Crippen LogP contribution is -2.41. The van der Waals surface area contributed by atoms with Gasteiger partial charge in [-0.15, -0.1) is 0 Å². The molecule has 1 amide bonds. The zero-order valence-corrected chi connectivity index (χ0v) is 12.8. The Hall–Kier alpha value is -1.40. The van der Waals surface area contributed by atoms with Gasteiger partial charge in [-0.25, -0.2) is 8.42 Å². The molecule has 0 aliphatic heterocycles. The molecule has 0 spiro atoms. The van der Waals surface area contributed by atoms with Gasteiger partial charge in [0.2, 0.25) is 0 Å². The fraction of sp³-hybridized carbons (Fsp3) is 0.500. The van der Waals surface area contributed by atoms with Crippen molar-refractivity contribution in [2.45, 2.75) is 25.6 Å². The van der Waals surface area contributed by atoms with Crippen molar-refractivity contribution in [1.29, 1.82) is 0 Å². The Morgan fingerprint density at radius 1 is 1.25 bits per heavy atom. The van der Waals surface area contributed by atoms with E-state index in [9.17, 15) is 18.3 Å². The third-order valence-corrected chi connectivity index (χ3v) is 3.82. The summed E-state index contributed by atoms with van der Waals surface area (Å²) in [5.74, 6) is -0.183. The summed E-state index contributed by atoms with van der Waals surface area (Å²) in [7, 11) is -3.08. The Morgan fingerprint density at radius 3 is 2.20 bits per heavy atom. The highest BCUT2D eigenvalue weighted by molar-refractivity contribution is 7.89. The molecule has 1 unspecified atom stereocenters. The van der Waals surface area contributed by atoms with E-state index in [0.29, 0.717) is 11.1 Å². The summed E-state index contributed by atoms with van der Waals surface area (Å²) in [4.78, 5) is 12.0. The minimum Gasteiger partial charge on any atom is -0.394 e. The fourth-order valence-electron chi connectivity index (χ4n) is 1.73. The second kappa shape index (κ2) is 6.85. The second-order valence-corrected chi connectivity index (χ2v) is 7.41. The molecule has 0 aliphatic carbocycles. The summed E-state index contributed by atoms with van der Waals surface area (Å²) in [6, 6.07) is 6.13. The molecule has 0 fully saturated rings. The number of sulfone groups is 1. The van der Waals surface area contributed by atoms with Crippen molar-refractivity contribution in [3.8, 4) is 0 Å². The van der Waals surface area contributed by atoms with E-state index in [-0.39, 0.29) is 30.2 Å². The number of amides is 1. The van der Waals surface area contributed by atoms with Crippen LogP contribution in [0.25, 0.3) is 0 Å². The molecule has 0 saturated carbocycles. The lowest BCUT2D eigenvalue weighted by Gasteiger charge is -2.19. The average molecular weight is 299 g/mol. The van der Waals surface area contributed by atoms with Gasteiger partial charge in [0.05, 0.1) is 18.4 Å². The van der Waals surface area contributed by atoms with E-state index in [1.165, 1.54) is 6.26 Å². The van der Waals surface area contributed by atoms with Gasteiger partial charge < -0.3 is 10.4 Å². The first-order chi connectivity index (χ1) is 9.23. The van der Waals surface area contributed by atoms with Crippen LogP contribution in [0.4, 0.5) is 0 Å². The monoisotopic (exact) mass is 299 g/mol. The lowest BCUT2D eigenvalue weighted by molar-refractivity contribution is 0.0897. The van der Waals surface area contributed by atoms with E-state index in [1.807, 2.05) is 13.8 Å². The Labute approximate surface area is 119 Å². The smallest absolute Gasteiger partial charge is 0.251 e. The molecule has 0 aromatic heterocycles. The van der Waals surface area contributed by atoms with Crippen LogP contribution < -0.4 is 5.32 Å². The third-order valence-electron chi connectivity index (χ3n) is 2.96. The predicted octanol–water partition coefficient (Wildman–Crippen LogP) is 0.978. The van der Waals surface area contributed by atoms with Gasteiger partial charge in [0.15, 0.2) is 9.84 Å². The van der Waals surface area contributed by atoms with E-state index in [2.05, 4.69) is 5.32 Å². The number of hydrogen-bond acceptors (Lipinski definition) is 4. The Kier molecular flexibility index (Phi) is 5.71. The highest BCUT2D eigenvalue weighted by Crippen LogP contribution is 2.09. The summed E-state index contributed by atoms with van der Waals surface area (Å²) in [6.07, 6.45) is 1.17. The van der Waals surface area contributed by atoms with Gasteiger partial charge in [-0.05, 0) is 23.6 Å². The molecule has 0 heterocycles. The number of carbonyl (C=O) groups is 1. The summed E-state index contributed by atoms with van der Waals surface area (Å²) >= 11 is 0. The second-order valence-electron chi connectivity index (χ2n) is 5.27. The zero-order chi connectivity index (χ0) is 15.3. The maximum atomic E-state index is 12.0. The molecule has 0 bridgehead atoms. The Bertz CT molecular complexity index is 549. The standard InChI is InChI=1S/C14H21NO4S/c1-10(2)13(8-16)15-14(17)12-6-4-11(5-7-12)9-20(3,18)19/h4-7,10,13,16H,8-9H2,1-3H3,(H,15,17). The largest absolute Gasteiger partial charge is 0.394 e. The summed E-state index contributed by atoms with van der Waals surface area (Å²) in [6.45, 7) is 3.71. The van der Waals surface area contributed by atoms with E-state index in [4.69, 9.17) is 0 Å². The van der Waals surface area contributed by atoms with Crippen molar-refractivity contribution >= 4 is 15.7 Å². The van der Waals surface area contributed by atoms with Crippen molar-refractivity contribution in [3.63, 3.8) is 0 Å². The molecule has 0 aliphatic rings. The molecule has 1 rings (SSSR count). The van der Waals surface area contributed by atoms with Crippen molar-refractivity contribution in [1.82, 2.24) is 5.32 Å². The van der Waals surface area contributed by atoms with Crippen LogP contribution in [-0.2, 0) is 15.6 Å². The quantitative estimate of drug-likeness (QED) is 0.820. The number of benzene rings is 1. The van der Waals surface area contributed by atoms with Crippen LogP contribution in [0.15, 0.2) is 24.3 Å². The van der Waals surface area contributed by atoms with Crippen LogP contribution in [0.2, 0.25) is 0 Å². The van der Waals surface area contributed by atoms with Crippen LogP contribution in [0.1, 0.15) is 29.8 Å². The third kappa shape index (κ3) is 5.30.